The van der Waals surface area contributed by atoms with E-state index in [4.69, 9.17) is 5.11 Å². The number of thioether (sulfide) groups is 1. The van der Waals surface area contributed by atoms with Gasteiger partial charge in [-0.1, -0.05) is 6.92 Å². The molecule has 0 aromatic carbocycles. The van der Waals surface area contributed by atoms with Gasteiger partial charge in [0.1, 0.15) is 0 Å². The highest BCUT2D eigenvalue weighted by Gasteiger charge is 2.19. The number of aliphatic hydroxyl groups is 1. The van der Waals surface area contributed by atoms with Crippen molar-refractivity contribution in [1.29, 1.82) is 0 Å². The zero-order valence-electron chi connectivity index (χ0n) is 9.33. The molecule has 0 spiro atoms. The number of hydrogen-bond acceptors (Lipinski definition) is 3. The van der Waals surface area contributed by atoms with Crippen LogP contribution in [0, 0.1) is 5.92 Å². The Kier molecular flexibility index (Phi) is 5.90. The number of nitrogens with one attached hydrogen (secondary N) is 1. The second-order valence-electron chi connectivity index (χ2n) is 4.41. The molecule has 84 valence electrons. The highest BCUT2D eigenvalue weighted by molar-refractivity contribution is 7.99. The maximum atomic E-state index is 8.90. The van der Waals surface area contributed by atoms with Crippen LogP contribution in [0.15, 0.2) is 0 Å². The molecule has 1 aliphatic rings. The van der Waals surface area contributed by atoms with Crippen molar-refractivity contribution in [3.05, 3.63) is 0 Å². The summed E-state index contributed by atoms with van der Waals surface area (Å²) in [6.45, 7) is 3.35. The Labute approximate surface area is 91.9 Å². The molecule has 0 aromatic heterocycles. The van der Waals surface area contributed by atoms with E-state index in [0.29, 0.717) is 18.6 Å². The lowest BCUT2D eigenvalue weighted by molar-refractivity contribution is 0.225. The molecule has 0 saturated heterocycles. The molecule has 0 amide bonds. The van der Waals surface area contributed by atoms with Crippen LogP contribution in [0.4, 0.5) is 0 Å². The summed E-state index contributed by atoms with van der Waals surface area (Å²) in [4.78, 5) is 0. The maximum absolute atomic E-state index is 8.90. The van der Waals surface area contributed by atoms with E-state index in [1.165, 1.54) is 25.7 Å². The minimum atomic E-state index is 0.299. The van der Waals surface area contributed by atoms with Gasteiger partial charge in [-0.05, 0) is 37.9 Å². The molecule has 2 N–H and O–H groups in total. The Morgan fingerprint density at radius 1 is 1.36 bits per heavy atom. The minimum Gasteiger partial charge on any atom is -0.396 e. The van der Waals surface area contributed by atoms with Gasteiger partial charge in [-0.2, -0.15) is 11.8 Å². The summed E-state index contributed by atoms with van der Waals surface area (Å²) in [6, 6.07) is 0.701. The van der Waals surface area contributed by atoms with Crippen molar-refractivity contribution in [2.75, 3.05) is 19.4 Å². The van der Waals surface area contributed by atoms with E-state index >= 15 is 0 Å². The Hall–Kier alpha value is 0.270. The molecule has 1 unspecified atom stereocenters. The molecule has 0 heterocycles. The number of hydrogen-bond donors (Lipinski definition) is 2. The molecule has 1 aliphatic carbocycles. The molecule has 3 heteroatoms. The molecule has 0 radical (unpaired) electrons. The van der Waals surface area contributed by atoms with Crippen LogP contribution >= 0.6 is 11.8 Å². The van der Waals surface area contributed by atoms with Crippen LogP contribution in [0.3, 0.4) is 0 Å². The molecule has 1 atom stereocenters. The van der Waals surface area contributed by atoms with Gasteiger partial charge in [0.2, 0.25) is 0 Å². The maximum Gasteiger partial charge on any atom is 0.0468 e. The molecule has 14 heavy (non-hydrogen) atoms. The Bertz CT molecular complexity index is 146. The van der Waals surface area contributed by atoms with Crippen LogP contribution in [-0.4, -0.2) is 35.8 Å². The summed E-state index contributed by atoms with van der Waals surface area (Å²) >= 11 is 2.01. The van der Waals surface area contributed by atoms with Crippen LogP contribution in [0.25, 0.3) is 0 Å². The third kappa shape index (κ3) is 4.20. The summed E-state index contributed by atoms with van der Waals surface area (Å²) in [5, 5.41) is 13.3. The first kappa shape index (κ1) is 12.3. The van der Waals surface area contributed by atoms with E-state index in [0.717, 1.165) is 11.8 Å². The zero-order valence-corrected chi connectivity index (χ0v) is 10.1. The fourth-order valence-corrected chi connectivity index (χ4v) is 2.68. The number of aliphatic hydroxyl groups excluding tert-OH is 1. The molecule has 0 aromatic rings. The fourth-order valence-electron chi connectivity index (χ4n) is 1.94. The molecule has 2 nitrogen and oxygen atoms in total. The Balaban J connectivity index is 2.10. The van der Waals surface area contributed by atoms with Gasteiger partial charge in [0.05, 0.1) is 0 Å². The second-order valence-corrected chi connectivity index (χ2v) is 5.54. The molecule has 0 aliphatic heterocycles. The number of rotatable bonds is 5. The minimum absolute atomic E-state index is 0.299. The van der Waals surface area contributed by atoms with Gasteiger partial charge in [-0.3, -0.25) is 0 Å². The third-order valence-electron chi connectivity index (χ3n) is 3.07. The normalized spacial score (nSPS) is 30.2. The second kappa shape index (κ2) is 6.70. The largest absolute Gasteiger partial charge is 0.396 e. The lowest BCUT2D eigenvalue weighted by atomic mass is 9.94. The topological polar surface area (TPSA) is 32.3 Å². The van der Waals surface area contributed by atoms with E-state index < -0.39 is 0 Å². The van der Waals surface area contributed by atoms with Crippen molar-refractivity contribution in [1.82, 2.24) is 5.32 Å². The summed E-state index contributed by atoms with van der Waals surface area (Å²) in [6.07, 6.45) is 7.54. The van der Waals surface area contributed by atoms with Gasteiger partial charge < -0.3 is 10.4 Å². The lowest BCUT2D eigenvalue weighted by Gasteiger charge is -2.28. The summed E-state index contributed by atoms with van der Waals surface area (Å²) in [7, 11) is 0. The fraction of sp³-hybridized carbons (Fsp3) is 1.00. The first-order chi connectivity index (χ1) is 6.76. The Morgan fingerprint density at radius 2 is 2.00 bits per heavy atom. The van der Waals surface area contributed by atoms with Crippen molar-refractivity contribution >= 4 is 11.8 Å². The molecule has 1 fully saturated rings. The standard InChI is InChI=1S/C11H23NOS/c1-9(8-13)7-12-10-3-5-11(14-2)6-4-10/h9-13H,3-8H2,1-2H3. The van der Waals surface area contributed by atoms with Crippen LogP contribution < -0.4 is 5.32 Å². The van der Waals surface area contributed by atoms with Crippen molar-refractivity contribution in [2.45, 2.75) is 43.9 Å². The smallest absolute Gasteiger partial charge is 0.0468 e. The van der Waals surface area contributed by atoms with E-state index in [-0.39, 0.29) is 0 Å². The van der Waals surface area contributed by atoms with Crippen molar-refractivity contribution in [3.63, 3.8) is 0 Å². The van der Waals surface area contributed by atoms with Crippen molar-refractivity contribution in [3.8, 4) is 0 Å². The molecule has 1 saturated carbocycles. The highest BCUT2D eigenvalue weighted by Crippen LogP contribution is 2.26. The van der Waals surface area contributed by atoms with Crippen LogP contribution in [0.1, 0.15) is 32.6 Å². The van der Waals surface area contributed by atoms with Gasteiger partial charge in [0.15, 0.2) is 0 Å². The molecule has 0 bridgehead atoms. The Morgan fingerprint density at radius 3 is 2.50 bits per heavy atom. The van der Waals surface area contributed by atoms with E-state index in [1.807, 2.05) is 11.8 Å². The van der Waals surface area contributed by atoms with E-state index in [2.05, 4.69) is 18.5 Å². The average molecular weight is 217 g/mol. The molecular weight excluding hydrogens is 194 g/mol. The molecular formula is C11H23NOS. The SMILES string of the molecule is CSC1CCC(NCC(C)CO)CC1. The van der Waals surface area contributed by atoms with Crippen molar-refractivity contribution in [2.24, 2.45) is 5.92 Å². The summed E-state index contributed by atoms with van der Waals surface area (Å²) < 4.78 is 0. The van der Waals surface area contributed by atoms with Gasteiger partial charge in [0, 0.05) is 24.4 Å². The first-order valence-corrected chi connectivity index (χ1v) is 6.92. The first-order valence-electron chi connectivity index (χ1n) is 5.63. The van der Waals surface area contributed by atoms with E-state index in [1.54, 1.807) is 0 Å². The van der Waals surface area contributed by atoms with Crippen LogP contribution in [0.2, 0.25) is 0 Å². The predicted molar refractivity (Wildman–Crippen MR) is 63.8 cm³/mol. The third-order valence-corrected chi connectivity index (χ3v) is 4.21. The monoisotopic (exact) mass is 217 g/mol. The predicted octanol–water partition coefficient (Wildman–Crippen LogP) is 1.88. The van der Waals surface area contributed by atoms with Gasteiger partial charge in [0.25, 0.3) is 0 Å². The molecule has 1 rings (SSSR count). The lowest BCUT2D eigenvalue weighted by Crippen LogP contribution is -2.37. The average Bonchev–Trinajstić information content (AvgIpc) is 2.26. The highest BCUT2D eigenvalue weighted by atomic mass is 32.2. The summed E-state index contributed by atoms with van der Waals surface area (Å²) in [5.74, 6) is 0.397. The summed E-state index contributed by atoms with van der Waals surface area (Å²) in [5.41, 5.74) is 0. The van der Waals surface area contributed by atoms with Crippen molar-refractivity contribution < 1.29 is 5.11 Å². The van der Waals surface area contributed by atoms with Gasteiger partial charge in [-0.25, -0.2) is 0 Å². The van der Waals surface area contributed by atoms with Crippen LogP contribution in [-0.2, 0) is 0 Å². The van der Waals surface area contributed by atoms with Crippen LogP contribution in [0.5, 0.6) is 0 Å². The van der Waals surface area contributed by atoms with E-state index in [9.17, 15) is 0 Å². The quantitative estimate of drug-likeness (QED) is 0.737. The van der Waals surface area contributed by atoms with Gasteiger partial charge in [-0.15, -0.1) is 0 Å². The zero-order chi connectivity index (χ0) is 10.4. The van der Waals surface area contributed by atoms with Gasteiger partial charge >= 0.3 is 0 Å².